The number of methoxy groups -OCH3 is 1. The van der Waals surface area contributed by atoms with Gasteiger partial charge in [0.05, 0.1) is 53.4 Å². The number of likely N-dealkylation sites (N-methyl/N-ethyl adjacent to an activating group) is 2. The highest BCUT2D eigenvalue weighted by Crippen LogP contribution is 2.41. The highest BCUT2D eigenvalue weighted by molar-refractivity contribution is 5.88. The van der Waals surface area contributed by atoms with Crippen LogP contribution >= 0.6 is 0 Å². The molecular weight excluding hydrogens is 766 g/mol. The summed E-state index contributed by atoms with van der Waals surface area (Å²) in [5.41, 5.74) is -4.37. The lowest BCUT2D eigenvalue weighted by Gasteiger charge is -2.49. The molecule has 0 aromatic heterocycles. The molecule has 3 fully saturated rings. The molecule has 3 aliphatic heterocycles. The van der Waals surface area contributed by atoms with Gasteiger partial charge in [0, 0.05) is 43.9 Å². The second kappa shape index (κ2) is 22.0. The summed E-state index contributed by atoms with van der Waals surface area (Å²) in [5, 5.41) is 67.0. The zero-order chi connectivity index (χ0) is 44.6. The lowest BCUT2D eigenvalue weighted by molar-refractivity contribution is -0.317. The molecule has 0 aromatic carbocycles. The van der Waals surface area contributed by atoms with E-state index in [1.165, 1.54) is 14.0 Å². The molecule has 3 aliphatic rings. The van der Waals surface area contributed by atoms with Gasteiger partial charge in [-0.2, -0.15) is 0 Å². The molecule has 3 heterocycles. The van der Waals surface area contributed by atoms with Gasteiger partial charge in [0.2, 0.25) is 0 Å². The highest BCUT2D eigenvalue weighted by atomic mass is 16.7. The maximum atomic E-state index is 14.4. The standard InChI is InChI=1S/C43H79N3O13/c1-15-31-43(11,52)36(48)26(5)33(45-54-20-18-17-19-44-16-2)24(3)22-41(9,51)38(59-40-34(47)30(46(12)13)21-25(4)55-40)27(6)35(28(7)39(50)57-31)58-32-23-42(10,53-14)37(49)29(8)56-32/h17-18,24-32,34-38,40,44,47-49,51-52H,15-16,19-23H2,1-14H3/b18-17+,45-33?/t24-,25?,26+,27+,28-,29?,30?,31-,32?,34?,35+,36-,37?,38-,40?,41-,42?,43-/m1/s1. The second-order valence-corrected chi connectivity index (χ2v) is 18.2. The van der Waals surface area contributed by atoms with Crippen LogP contribution in [0.2, 0.25) is 0 Å². The fourth-order valence-electron chi connectivity index (χ4n) is 9.13. The topological polar surface area (TPSA) is 210 Å². The van der Waals surface area contributed by atoms with Crippen molar-refractivity contribution in [3.8, 4) is 0 Å². The van der Waals surface area contributed by atoms with Crippen molar-refractivity contribution < 1.29 is 63.6 Å². The molecule has 59 heavy (non-hydrogen) atoms. The summed E-state index contributed by atoms with van der Waals surface area (Å²) in [5.74, 6) is -4.01. The summed E-state index contributed by atoms with van der Waals surface area (Å²) in [6.45, 7) is 20.7. The van der Waals surface area contributed by atoms with Crippen molar-refractivity contribution in [2.24, 2.45) is 28.8 Å². The Morgan fingerprint density at radius 3 is 2.19 bits per heavy atom. The Bertz CT molecular complexity index is 1370. The van der Waals surface area contributed by atoms with E-state index < -0.39 is 102 Å². The van der Waals surface area contributed by atoms with Crippen LogP contribution in [0.1, 0.15) is 102 Å². The average molecular weight is 846 g/mol. The van der Waals surface area contributed by atoms with E-state index in [9.17, 15) is 30.3 Å². The van der Waals surface area contributed by atoms with Gasteiger partial charge in [0.15, 0.2) is 12.6 Å². The molecule has 344 valence electrons. The molecular formula is C43H79N3O13. The van der Waals surface area contributed by atoms with Crippen LogP contribution in [-0.4, -0.2) is 167 Å². The number of ether oxygens (including phenoxy) is 6. The number of aliphatic hydroxyl groups excluding tert-OH is 3. The van der Waals surface area contributed by atoms with Crippen LogP contribution in [0.25, 0.3) is 0 Å². The minimum Gasteiger partial charge on any atom is -0.459 e. The lowest BCUT2D eigenvalue weighted by Crippen LogP contribution is -2.61. The maximum Gasteiger partial charge on any atom is 0.311 e. The van der Waals surface area contributed by atoms with E-state index in [1.54, 1.807) is 48.5 Å². The lowest BCUT2D eigenvalue weighted by atomic mass is 9.73. The molecule has 0 amide bonds. The minimum absolute atomic E-state index is 0.00277. The molecule has 3 saturated heterocycles. The Morgan fingerprint density at radius 2 is 1.59 bits per heavy atom. The number of hydrogen-bond donors (Lipinski definition) is 6. The summed E-state index contributed by atoms with van der Waals surface area (Å²) in [6.07, 6.45) is -5.55. The highest BCUT2D eigenvalue weighted by Gasteiger charge is 2.53. The number of carbonyl (C=O) groups is 1. The number of carbonyl (C=O) groups excluding carboxylic acids is 1. The van der Waals surface area contributed by atoms with E-state index in [0.717, 1.165) is 6.54 Å². The van der Waals surface area contributed by atoms with Gasteiger partial charge in [-0.1, -0.05) is 45.9 Å². The Labute approximate surface area is 352 Å². The fraction of sp³-hybridized carbons (Fsp3) is 0.907. The first-order valence-electron chi connectivity index (χ1n) is 21.5. The Morgan fingerprint density at radius 1 is 0.932 bits per heavy atom. The summed E-state index contributed by atoms with van der Waals surface area (Å²) in [7, 11) is 5.24. The van der Waals surface area contributed by atoms with Gasteiger partial charge in [0.1, 0.15) is 30.5 Å². The number of cyclic esters (lactones) is 1. The van der Waals surface area contributed by atoms with E-state index in [0.29, 0.717) is 18.7 Å². The molecule has 0 saturated carbocycles. The first-order chi connectivity index (χ1) is 27.5. The molecule has 16 nitrogen and oxygen atoms in total. The van der Waals surface area contributed by atoms with Crippen LogP contribution in [0.15, 0.2) is 17.3 Å². The van der Waals surface area contributed by atoms with Crippen molar-refractivity contribution in [3.63, 3.8) is 0 Å². The van der Waals surface area contributed by atoms with Gasteiger partial charge < -0.3 is 69.0 Å². The van der Waals surface area contributed by atoms with E-state index in [-0.39, 0.29) is 38.0 Å². The Kier molecular flexibility index (Phi) is 19.2. The summed E-state index contributed by atoms with van der Waals surface area (Å²) in [4.78, 5) is 22.0. The zero-order valence-electron chi connectivity index (χ0n) is 38.2. The monoisotopic (exact) mass is 846 g/mol. The smallest absolute Gasteiger partial charge is 0.311 e. The molecule has 0 aliphatic carbocycles. The summed E-state index contributed by atoms with van der Waals surface area (Å²) >= 11 is 0. The van der Waals surface area contributed by atoms with Crippen LogP contribution < -0.4 is 5.32 Å². The number of hydrogen-bond acceptors (Lipinski definition) is 16. The molecule has 0 radical (unpaired) electrons. The average Bonchev–Trinajstić information content (AvgIpc) is 3.17. The van der Waals surface area contributed by atoms with Crippen molar-refractivity contribution in [2.45, 2.75) is 186 Å². The van der Waals surface area contributed by atoms with Crippen molar-refractivity contribution in [1.29, 1.82) is 0 Å². The predicted molar refractivity (Wildman–Crippen MR) is 222 cm³/mol. The first-order valence-corrected chi connectivity index (χ1v) is 21.5. The van der Waals surface area contributed by atoms with Crippen LogP contribution in [0.5, 0.6) is 0 Å². The van der Waals surface area contributed by atoms with Crippen molar-refractivity contribution in [3.05, 3.63) is 12.2 Å². The fourth-order valence-corrected chi connectivity index (χ4v) is 9.13. The number of rotatable bonds is 13. The molecule has 3 rings (SSSR count). The third kappa shape index (κ3) is 12.7. The third-order valence-corrected chi connectivity index (χ3v) is 12.9. The Hall–Kier alpha value is -1.80. The van der Waals surface area contributed by atoms with Crippen molar-refractivity contribution in [1.82, 2.24) is 10.2 Å². The molecule has 6 N–H and O–H groups in total. The predicted octanol–water partition coefficient (Wildman–Crippen LogP) is 2.75. The number of nitrogens with one attached hydrogen (secondary N) is 1. The van der Waals surface area contributed by atoms with E-state index in [1.807, 2.05) is 51.9 Å². The van der Waals surface area contributed by atoms with Crippen LogP contribution in [0, 0.1) is 23.7 Å². The van der Waals surface area contributed by atoms with Gasteiger partial charge in [-0.3, -0.25) is 4.79 Å². The number of oxime groups is 1. The molecule has 16 heteroatoms. The maximum absolute atomic E-state index is 14.4. The first kappa shape index (κ1) is 51.5. The van der Waals surface area contributed by atoms with Gasteiger partial charge in [-0.05, 0) is 87.5 Å². The summed E-state index contributed by atoms with van der Waals surface area (Å²) < 4.78 is 37.8. The normalized spacial score (nSPS) is 45.4. The van der Waals surface area contributed by atoms with Crippen LogP contribution in [0.4, 0.5) is 0 Å². The molecule has 0 spiro atoms. The van der Waals surface area contributed by atoms with Gasteiger partial charge in [-0.15, -0.1) is 0 Å². The van der Waals surface area contributed by atoms with Gasteiger partial charge in [-0.25, -0.2) is 0 Å². The number of esters is 1. The zero-order valence-corrected chi connectivity index (χ0v) is 38.2. The van der Waals surface area contributed by atoms with E-state index in [2.05, 4.69) is 10.5 Å². The molecule has 8 unspecified atom stereocenters. The molecule has 0 aromatic rings. The van der Waals surface area contributed by atoms with Crippen LogP contribution in [0.3, 0.4) is 0 Å². The van der Waals surface area contributed by atoms with E-state index >= 15 is 0 Å². The minimum atomic E-state index is -1.94. The van der Waals surface area contributed by atoms with Gasteiger partial charge in [0.25, 0.3) is 0 Å². The van der Waals surface area contributed by atoms with E-state index in [4.69, 9.17) is 33.3 Å². The quantitative estimate of drug-likeness (QED) is 0.0682. The number of nitrogens with zero attached hydrogens (tertiary/aromatic N) is 2. The third-order valence-electron chi connectivity index (χ3n) is 12.9. The van der Waals surface area contributed by atoms with Gasteiger partial charge >= 0.3 is 5.97 Å². The van der Waals surface area contributed by atoms with Crippen molar-refractivity contribution >= 4 is 11.7 Å². The SMILES string of the molecule is CCNC/C=C/CON=C1[C@H](C)C[C@@](C)(O)[C@H](OC2OC(C)CC(N(C)C)C2O)[C@@H](C)[C@H](OC2CC(C)(OC)C(O)C(C)O2)[C@@H](C)C(=O)O[C@H](CC)[C@@](C)(O)[C@H](O)[C@H]1C. The largest absolute Gasteiger partial charge is 0.459 e. The Balaban J connectivity index is 2.22. The number of aliphatic hydroxyl groups is 5. The molecule has 18 atom stereocenters. The summed E-state index contributed by atoms with van der Waals surface area (Å²) in [6, 6.07) is -0.318. The second-order valence-electron chi connectivity index (χ2n) is 18.2. The van der Waals surface area contributed by atoms with Crippen LogP contribution in [-0.2, 0) is 38.1 Å². The molecule has 0 bridgehead atoms. The van der Waals surface area contributed by atoms with Crippen molar-refractivity contribution in [2.75, 3.05) is 40.9 Å².